The lowest BCUT2D eigenvalue weighted by molar-refractivity contribution is 0.313. The van der Waals surface area contributed by atoms with E-state index in [1.807, 2.05) is 32.0 Å². The van der Waals surface area contributed by atoms with Crippen LogP contribution in [0.25, 0.3) is 0 Å². The number of nitrogens with zero attached hydrogens (tertiary/aromatic N) is 1. The van der Waals surface area contributed by atoms with E-state index in [1.54, 1.807) is 0 Å². The van der Waals surface area contributed by atoms with E-state index in [9.17, 15) is 0 Å². The van der Waals surface area contributed by atoms with Crippen LogP contribution in [-0.2, 0) is 0 Å². The zero-order valence-corrected chi connectivity index (χ0v) is 10.8. The van der Waals surface area contributed by atoms with E-state index in [-0.39, 0.29) is 11.8 Å². The molecule has 1 aromatic rings. The fourth-order valence-corrected chi connectivity index (χ4v) is 2.66. The van der Waals surface area contributed by atoms with Crippen molar-refractivity contribution in [2.45, 2.75) is 26.2 Å². The molecule has 0 aromatic heterocycles. The lowest BCUT2D eigenvalue weighted by Crippen LogP contribution is -2.22. The van der Waals surface area contributed by atoms with E-state index < -0.39 is 0 Å². The van der Waals surface area contributed by atoms with E-state index in [1.165, 1.54) is 5.56 Å². The van der Waals surface area contributed by atoms with Crippen molar-refractivity contribution in [3.05, 3.63) is 46.5 Å². The molecule has 2 rings (SSSR count). The zero-order chi connectivity index (χ0) is 12.4. The van der Waals surface area contributed by atoms with Gasteiger partial charge < -0.3 is 5.21 Å². The smallest absolute Gasteiger partial charge is 0.0714 e. The highest BCUT2D eigenvalue weighted by atomic mass is 35.5. The average molecular weight is 250 g/mol. The maximum Gasteiger partial charge on any atom is 0.0714 e. The lowest BCUT2D eigenvalue weighted by Gasteiger charge is -2.25. The van der Waals surface area contributed by atoms with Gasteiger partial charge in [-0.1, -0.05) is 41.9 Å². The minimum atomic E-state index is 0.164. The third kappa shape index (κ3) is 2.37. The van der Waals surface area contributed by atoms with E-state index in [0.717, 1.165) is 22.7 Å². The Balaban J connectivity index is 2.42. The molecule has 1 N–H and O–H groups in total. The molecule has 17 heavy (non-hydrogen) atoms. The zero-order valence-electron chi connectivity index (χ0n) is 10.0. The van der Waals surface area contributed by atoms with Crippen molar-refractivity contribution < 1.29 is 5.21 Å². The number of hydrogen-bond donors (Lipinski definition) is 1. The number of allylic oxidation sites excluding steroid dienone is 2. The molecule has 0 saturated heterocycles. The van der Waals surface area contributed by atoms with Crippen molar-refractivity contribution in [2.24, 2.45) is 11.1 Å². The molecule has 0 heterocycles. The summed E-state index contributed by atoms with van der Waals surface area (Å²) >= 11 is 5.96. The second kappa shape index (κ2) is 4.92. The standard InChI is InChI=1S/C14H16ClNO/c1-9-4-3-5-13(14(9)16-17)12-7-6-11(15)8-10(12)2/h3-4,6-9,13,17H,5H2,1-2H3/b16-14-. The summed E-state index contributed by atoms with van der Waals surface area (Å²) in [5.74, 6) is 0.353. The van der Waals surface area contributed by atoms with Crippen LogP contribution in [-0.4, -0.2) is 10.9 Å². The average Bonchev–Trinajstić information content (AvgIpc) is 2.29. The Morgan fingerprint density at radius 1 is 1.41 bits per heavy atom. The first kappa shape index (κ1) is 12.2. The van der Waals surface area contributed by atoms with Gasteiger partial charge >= 0.3 is 0 Å². The number of oxime groups is 1. The van der Waals surface area contributed by atoms with Crippen LogP contribution in [0.4, 0.5) is 0 Å². The summed E-state index contributed by atoms with van der Waals surface area (Å²) in [5.41, 5.74) is 3.17. The van der Waals surface area contributed by atoms with Crippen molar-refractivity contribution in [3.63, 3.8) is 0 Å². The van der Waals surface area contributed by atoms with Crippen molar-refractivity contribution in [1.82, 2.24) is 0 Å². The van der Waals surface area contributed by atoms with Crippen LogP contribution < -0.4 is 0 Å². The number of halogens is 1. The molecule has 2 nitrogen and oxygen atoms in total. The Morgan fingerprint density at radius 3 is 2.82 bits per heavy atom. The van der Waals surface area contributed by atoms with Gasteiger partial charge in [0.2, 0.25) is 0 Å². The quantitative estimate of drug-likeness (QED) is 0.453. The van der Waals surface area contributed by atoms with Crippen LogP contribution in [0.5, 0.6) is 0 Å². The third-order valence-electron chi connectivity index (χ3n) is 3.34. The SMILES string of the molecule is Cc1cc(Cl)ccc1C1CC=CC(C)/C1=N/O. The lowest BCUT2D eigenvalue weighted by atomic mass is 9.79. The van der Waals surface area contributed by atoms with Crippen LogP contribution in [0.15, 0.2) is 35.5 Å². The van der Waals surface area contributed by atoms with Gasteiger partial charge in [0.1, 0.15) is 0 Å². The van der Waals surface area contributed by atoms with Crippen LogP contribution in [0.2, 0.25) is 5.02 Å². The van der Waals surface area contributed by atoms with Gasteiger partial charge in [0.05, 0.1) is 5.71 Å². The Labute approximate surface area is 107 Å². The molecule has 0 bridgehead atoms. The molecule has 90 valence electrons. The third-order valence-corrected chi connectivity index (χ3v) is 3.58. The number of benzene rings is 1. The van der Waals surface area contributed by atoms with Crippen molar-refractivity contribution in [2.75, 3.05) is 0 Å². The second-order valence-electron chi connectivity index (χ2n) is 4.53. The maximum absolute atomic E-state index is 9.17. The summed E-state index contributed by atoms with van der Waals surface area (Å²) in [6.45, 7) is 4.09. The van der Waals surface area contributed by atoms with Crippen molar-refractivity contribution >= 4 is 17.3 Å². The maximum atomic E-state index is 9.17. The Hall–Kier alpha value is -1.28. The van der Waals surface area contributed by atoms with Gasteiger partial charge in [-0.2, -0.15) is 0 Å². The van der Waals surface area contributed by atoms with Crippen LogP contribution >= 0.6 is 11.6 Å². The number of rotatable bonds is 1. The molecule has 1 aliphatic carbocycles. The summed E-state index contributed by atoms with van der Waals surface area (Å²) in [7, 11) is 0. The van der Waals surface area contributed by atoms with Crippen LogP contribution in [0, 0.1) is 12.8 Å². The summed E-state index contributed by atoms with van der Waals surface area (Å²) in [6, 6.07) is 5.87. The van der Waals surface area contributed by atoms with Gasteiger partial charge in [0.25, 0.3) is 0 Å². The van der Waals surface area contributed by atoms with Gasteiger partial charge in [-0.15, -0.1) is 0 Å². The monoisotopic (exact) mass is 249 g/mol. The van der Waals surface area contributed by atoms with Crippen LogP contribution in [0.1, 0.15) is 30.4 Å². The van der Waals surface area contributed by atoms with Crippen molar-refractivity contribution in [3.8, 4) is 0 Å². The predicted octanol–water partition coefficient (Wildman–Crippen LogP) is 4.16. The molecule has 2 unspecified atom stereocenters. The van der Waals surface area contributed by atoms with E-state index in [2.05, 4.69) is 17.3 Å². The topological polar surface area (TPSA) is 32.6 Å². The molecular weight excluding hydrogens is 234 g/mol. The largest absolute Gasteiger partial charge is 0.411 e. The first-order chi connectivity index (χ1) is 8.13. The molecule has 2 atom stereocenters. The van der Waals surface area contributed by atoms with Gasteiger partial charge in [0.15, 0.2) is 0 Å². The highest BCUT2D eigenvalue weighted by molar-refractivity contribution is 6.30. The Kier molecular flexibility index (Phi) is 3.53. The molecule has 0 radical (unpaired) electrons. The minimum absolute atomic E-state index is 0.164. The molecule has 1 aromatic carbocycles. The summed E-state index contributed by atoms with van der Waals surface area (Å²) < 4.78 is 0. The molecule has 0 spiro atoms. The first-order valence-electron chi connectivity index (χ1n) is 5.78. The summed E-state index contributed by atoms with van der Waals surface area (Å²) in [5, 5.41) is 13.4. The van der Waals surface area contributed by atoms with Crippen molar-refractivity contribution in [1.29, 1.82) is 0 Å². The van der Waals surface area contributed by atoms with Gasteiger partial charge in [0, 0.05) is 16.9 Å². The fraction of sp³-hybridized carbons (Fsp3) is 0.357. The van der Waals surface area contributed by atoms with Gasteiger partial charge in [-0.25, -0.2) is 0 Å². The molecule has 3 heteroatoms. The van der Waals surface area contributed by atoms with Crippen LogP contribution in [0.3, 0.4) is 0 Å². The molecule has 0 fully saturated rings. The Morgan fingerprint density at radius 2 is 2.18 bits per heavy atom. The van der Waals surface area contributed by atoms with E-state index in [4.69, 9.17) is 16.8 Å². The normalized spacial score (nSPS) is 26.4. The number of hydrogen-bond acceptors (Lipinski definition) is 2. The highest BCUT2D eigenvalue weighted by Gasteiger charge is 2.26. The molecule has 0 aliphatic heterocycles. The highest BCUT2D eigenvalue weighted by Crippen LogP contribution is 2.32. The predicted molar refractivity (Wildman–Crippen MR) is 71.1 cm³/mol. The summed E-state index contributed by atoms with van der Waals surface area (Å²) in [4.78, 5) is 0. The minimum Gasteiger partial charge on any atom is -0.411 e. The molecule has 0 saturated carbocycles. The molecule has 0 amide bonds. The first-order valence-corrected chi connectivity index (χ1v) is 6.16. The molecular formula is C14H16ClNO. The van der Waals surface area contributed by atoms with E-state index >= 15 is 0 Å². The van der Waals surface area contributed by atoms with Gasteiger partial charge in [-0.05, 0) is 36.6 Å². The Bertz CT molecular complexity index is 479. The summed E-state index contributed by atoms with van der Waals surface area (Å²) in [6.07, 6.45) is 5.11. The molecule has 1 aliphatic rings. The fourth-order valence-electron chi connectivity index (χ4n) is 2.43. The number of aryl methyl sites for hydroxylation is 1. The van der Waals surface area contributed by atoms with E-state index in [0.29, 0.717) is 0 Å². The van der Waals surface area contributed by atoms with Gasteiger partial charge in [-0.3, -0.25) is 0 Å². The second-order valence-corrected chi connectivity index (χ2v) is 4.97.